The second-order valence-corrected chi connectivity index (χ2v) is 3.15. The van der Waals surface area contributed by atoms with Gasteiger partial charge in [0, 0.05) is 11.9 Å². The highest BCUT2D eigenvalue weighted by molar-refractivity contribution is 5.32. The van der Waals surface area contributed by atoms with Crippen LogP contribution in [0.2, 0.25) is 0 Å². The number of hydrogen-bond donors (Lipinski definition) is 2. The zero-order valence-electron chi connectivity index (χ0n) is 7.44. The van der Waals surface area contributed by atoms with Crippen LogP contribution in [-0.4, -0.2) is 11.5 Å². The Labute approximate surface area is 67.8 Å². The van der Waals surface area contributed by atoms with Gasteiger partial charge in [-0.05, 0) is 37.4 Å². The fourth-order valence-electron chi connectivity index (χ4n) is 1.54. The van der Waals surface area contributed by atoms with Gasteiger partial charge < -0.3 is 10.7 Å². The zero-order valence-corrected chi connectivity index (χ0v) is 7.44. The number of aryl methyl sites for hydroxylation is 2. The number of hydrogen-bond acceptors (Lipinski definition) is 1. The Bertz CT molecular complexity index is 218. The van der Waals surface area contributed by atoms with Crippen LogP contribution in [0.1, 0.15) is 29.7 Å². The molecular formula is C9H16N2. The third-order valence-electron chi connectivity index (χ3n) is 2.18. The van der Waals surface area contributed by atoms with Gasteiger partial charge in [-0.3, -0.25) is 0 Å². The van der Waals surface area contributed by atoms with Gasteiger partial charge >= 0.3 is 0 Å². The summed E-state index contributed by atoms with van der Waals surface area (Å²) >= 11 is 0. The predicted molar refractivity (Wildman–Crippen MR) is 47.7 cm³/mol. The Morgan fingerprint density at radius 3 is 2.55 bits per heavy atom. The molecule has 0 aliphatic rings. The summed E-state index contributed by atoms with van der Waals surface area (Å²) in [5, 5.41) is 0. The molecule has 0 saturated carbocycles. The molecule has 0 amide bonds. The van der Waals surface area contributed by atoms with Crippen LogP contribution in [0.5, 0.6) is 0 Å². The first kappa shape index (κ1) is 8.34. The van der Waals surface area contributed by atoms with Crippen molar-refractivity contribution in [2.24, 2.45) is 5.73 Å². The van der Waals surface area contributed by atoms with E-state index in [4.69, 9.17) is 5.73 Å². The molecule has 2 heteroatoms. The number of aromatic nitrogens is 1. The molecule has 3 N–H and O–H groups in total. The van der Waals surface area contributed by atoms with Crippen LogP contribution in [0.3, 0.4) is 0 Å². The van der Waals surface area contributed by atoms with Gasteiger partial charge in [0.1, 0.15) is 0 Å². The summed E-state index contributed by atoms with van der Waals surface area (Å²) in [6, 6.07) is 0. The molecule has 1 aromatic rings. The molecule has 1 heterocycles. The second-order valence-electron chi connectivity index (χ2n) is 3.15. The SMILES string of the molecule is Cc1c[nH]c(C)c1C(C)CN. The van der Waals surface area contributed by atoms with Crippen molar-refractivity contribution in [2.75, 3.05) is 6.54 Å². The molecule has 0 fully saturated rings. The minimum Gasteiger partial charge on any atom is -0.365 e. The molecule has 1 rings (SSSR count). The lowest BCUT2D eigenvalue weighted by atomic mass is 9.98. The van der Waals surface area contributed by atoms with E-state index in [2.05, 4.69) is 25.8 Å². The van der Waals surface area contributed by atoms with Crippen LogP contribution >= 0.6 is 0 Å². The van der Waals surface area contributed by atoms with Crippen molar-refractivity contribution in [3.8, 4) is 0 Å². The molecule has 11 heavy (non-hydrogen) atoms. The number of H-pyrrole nitrogens is 1. The summed E-state index contributed by atoms with van der Waals surface area (Å²) in [5.74, 6) is 0.473. The fraction of sp³-hybridized carbons (Fsp3) is 0.556. The predicted octanol–water partition coefficient (Wildman–Crippen LogP) is 1.69. The van der Waals surface area contributed by atoms with Crippen LogP contribution in [-0.2, 0) is 0 Å². The highest BCUT2D eigenvalue weighted by atomic mass is 14.7. The van der Waals surface area contributed by atoms with E-state index in [9.17, 15) is 0 Å². The number of aromatic amines is 1. The molecule has 0 aromatic carbocycles. The summed E-state index contributed by atoms with van der Waals surface area (Å²) in [6.07, 6.45) is 2.04. The quantitative estimate of drug-likeness (QED) is 0.665. The van der Waals surface area contributed by atoms with Crippen molar-refractivity contribution < 1.29 is 0 Å². The van der Waals surface area contributed by atoms with Crippen LogP contribution < -0.4 is 5.73 Å². The van der Waals surface area contributed by atoms with Gasteiger partial charge in [0.2, 0.25) is 0 Å². The lowest BCUT2D eigenvalue weighted by Gasteiger charge is -2.09. The molecule has 0 aliphatic heterocycles. The van der Waals surface area contributed by atoms with E-state index in [-0.39, 0.29) is 0 Å². The van der Waals surface area contributed by atoms with Gasteiger partial charge in [0.25, 0.3) is 0 Å². The zero-order chi connectivity index (χ0) is 8.43. The Morgan fingerprint density at radius 2 is 2.18 bits per heavy atom. The van der Waals surface area contributed by atoms with E-state index in [0.717, 1.165) is 6.54 Å². The summed E-state index contributed by atoms with van der Waals surface area (Å²) < 4.78 is 0. The molecule has 0 spiro atoms. The Kier molecular flexibility index (Phi) is 2.35. The van der Waals surface area contributed by atoms with Crippen LogP contribution in [0.25, 0.3) is 0 Å². The van der Waals surface area contributed by atoms with Crippen LogP contribution in [0, 0.1) is 13.8 Å². The van der Waals surface area contributed by atoms with Gasteiger partial charge in [-0.1, -0.05) is 6.92 Å². The third kappa shape index (κ3) is 1.46. The van der Waals surface area contributed by atoms with E-state index in [1.807, 2.05) is 6.20 Å². The number of nitrogens with two attached hydrogens (primary N) is 1. The molecule has 0 saturated heterocycles. The van der Waals surface area contributed by atoms with Gasteiger partial charge in [0.15, 0.2) is 0 Å². The van der Waals surface area contributed by atoms with Crippen LogP contribution in [0.15, 0.2) is 6.20 Å². The first-order valence-electron chi connectivity index (χ1n) is 4.01. The molecule has 0 bridgehead atoms. The molecule has 1 aromatic heterocycles. The maximum Gasteiger partial charge on any atom is 0.0154 e. The topological polar surface area (TPSA) is 41.8 Å². The number of nitrogens with one attached hydrogen (secondary N) is 1. The van der Waals surface area contributed by atoms with Crippen molar-refractivity contribution in [3.05, 3.63) is 23.0 Å². The van der Waals surface area contributed by atoms with E-state index in [1.165, 1.54) is 16.8 Å². The summed E-state index contributed by atoms with van der Waals surface area (Å²) in [6.45, 7) is 7.09. The maximum atomic E-state index is 5.59. The normalized spacial score (nSPS) is 13.5. The molecule has 1 atom stereocenters. The Morgan fingerprint density at radius 1 is 1.55 bits per heavy atom. The molecule has 0 aliphatic carbocycles. The minimum atomic E-state index is 0.473. The maximum absolute atomic E-state index is 5.59. The molecule has 62 valence electrons. The number of rotatable bonds is 2. The average molecular weight is 152 g/mol. The minimum absolute atomic E-state index is 0.473. The van der Waals surface area contributed by atoms with Crippen molar-refractivity contribution in [3.63, 3.8) is 0 Å². The van der Waals surface area contributed by atoms with Crippen molar-refractivity contribution in [1.82, 2.24) is 4.98 Å². The first-order chi connectivity index (χ1) is 5.16. The van der Waals surface area contributed by atoms with E-state index >= 15 is 0 Å². The summed E-state index contributed by atoms with van der Waals surface area (Å²) in [5.41, 5.74) is 9.54. The lowest BCUT2D eigenvalue weighted by Crippen LogP contribution is -2.10. The highest BCUT2D eigenvalue weighted by Crippen LogP contribution is 2.21. The summed E-state index contributed by atoms with van der Waals surface area (Å²) in [7, 11) is 0. The largest absolute Gasteiger partial charge is 0.365 e. The first-order valence-corrected chi connectivity index (χ1v) is 4.01. The molecule has 1 unspecified atom stereocenters. The third-order valence-corrected chi connectivity index (χ3v) is 2.18. The van der Waals surface area contributed by atoms with Gasteiger partial charge in [-0.25, -0.2) is 0 Å². The van der Waals surface area contributed by atoms with Crippen LogP contribution in [0.4, 0.5) is 0 Å². The lowest BCUT2D eigenvalue weighted by molar-refractivity contribution is 0.763. The van der Waals surface area contributed by atoms with Crippen molar-refractivity contribution in [1.29, 1.82) is 0 Å². The van der Waals surface area contributed by atoms with Gasteiger partial charge in [-0.2, -0.15) is 0 Å². The van der Waals surface area contributed by atoms with E-state index in [1.54, 1.807) is 0 Å². The smallest absolute Gasteiger partial charge is 0.0154 e. The highest BCUT2D eigenvalue weighted by Gasteiger charge is 2.10. The van der Waals surface area contributed by atoms with Crippen molar-refractivity contribution in [2.45, 2.75) is 26.7 Å². The summed E-state index contributed by atoms with van der Waals surface area (Å²) in [4.78, 5) is 3.20. The van der Waals surface area contributed by atoms with E-state index < -0.39 is 0 Å². The Hall–Kier alpha value is -0.760. The standard InChI is InChI=1S/C9H16N2/c1-6(4-10)9-7(2)5-11-8(9)3/h5-6,11H,4,10H2,1-3H3. The molecular weight excluding hydrogens is 136 g/mol. The van der Waals surface area contributed by atoms with E-state index in [0.29, 0.717) is 5.92 Å². The van der Waals surface area contributed by atoms with Gasteiger partial charge in [-0.15, -0.1) is 0 Å². The Balaban J connectivity index is 3.00. The van der Waals surface area contributed by atoms with Gasteiger partial charge in [0.05, 0.1) is 0 Å². The monoisotopic (exact) mass is 152 g/mol. The molecule has 2 nitrogen and oxygen atoms in total. The fourth-order valence-corrected chi connectivity index (χ4v) is 1.54. The second kappa shape index (κ2) is 3.09. The molecule has 0 radical (unpaired) electrons. The van der Waals surface area contributed by atoms with Crippen molar-refractivity contribution >= 4 is 0 Å². The average Bonchev–Trinajstić information content (AvgIpc) is 2.30.